The van der Waals surface area contributed by atoms with Crippen LogP contribution in [0.25, 0.3) is 0 Å². The third-order valence-electron chi connectivity index (χ3n) is 6.86. The number of carboxylic acids is 1. The van der Waals surface area contributed by atoms with Crippen molar-refractivity contribution in [1.82, 2.24) is 0 Å². The van der Waals surface area contributed by atoms with Gasteiger partial charge < -0.3 is 15.3 Å². The normalized spacial score (nSPS) is 41.4. The van der Waals surface area contributed by atoms with Gasteiger partial charge >= 0.3 is 5.97 Å². The number of aliphatic carboxylic acids is 1. The van der Waals surface area contributed by atoms with Gasteiger partial charge in [-0.3, -0.25) is 9.59 Å². The minimum Gasteiger partial charge on any atom is -0.481 e. The van der Waals surface area contributed by atoms with Crippen molar-refractivity contribution in [3.63, 3.8) is 0 Å². The number of ketones is 1. The summed E-state index contributed by atoms with van der Waals surface area (Å²) in [5.74, 6) is -1.51. The van der Waals surface area contributed by atoms with E-state index in [-0.39, 0.29) is 18.1 Å². The summed E-state index contributed by atoms with van der Waals surface area (Å²) in [6, 6.07) is 0. The molecule has 0 unspecified atom stereocenters. The summed E-state index contributed by atoms with van der Waals surface area (Å²) in [6.45, 7) is 6.92. The van der Waals surface area contributed by atoms with Gasteiger partial charge in [-0.2, -0.15) is 0 Å². The molecule has 0 aromatic carbocycles. The molecule has 3 aliphatic carbocycles. The zero-order valence-electron chi connectivity index (χ0n) is 15.4. The molecule has 3 N–H and O–H groups in total. The van der Waals surface area contributed by atoms with Crippen molar-refractivity contribution in [2.45, 2.75) is 65.1 Å². The fraction of sp³-hybridized carbons (Fsp3) is 0.700. The van der Waals surface area contributed by atoms with Crippen LogP contribution in [0, 0.1) is 22.7 Å². The Morgan fingerprint density at radius 3 is 2.48 bits per heavy atom. The van der Waals surface area contributed by atoms with E-state index in [4.69, 9.17) is 0 Å². The Balaban J connectivity index is 2.13. The number of rotatable bonds is 2. The maximum absolute atomic E-state index is 12.7. The molecule has 0 aromatic rings. The molecule has 0 saturated heterocycles. The van der Waals surface area contributed by atoms with Crippen LogP contribution in [0.15, 0.2) is 23.3 Å². The minimum atomic E-state index is -1.23. The number of carboxylic acid groups (broad SMARTS) is 1. The van der Waals surface area contributed by atoms with Gasteiger partial charge in [-0.25, -0.2) is 0 Å². The van der Waals surface area contributed by atoms with Crippen molar-refractivity contribution in [3.8, 4) is 0 Å². The summed E-state index contributed by atoms with van der Waals surface area (Å²) in [7, 11) is 0. The van der Waals surface area contributed by atoms with E-state index in [2.05, 4.69) is 0 Å². The van der Waals surface area contributed by atoms with Crippen molar-refractivity contribution >= 4 is 11.8 Å². The van der Waals surface area contributed by atoms with Crippen LogP contribution in [0.4, 0.5) is 0 Å². The number of hydrogen-bond donors (Lipinski definition) is 3. The Bertz CT molecular complexity index is 683. The van der Waals surface area contributed by atoms with Crippen LogP contribution in [0.2, 0.25) is 0 Å². The molecule has 138 valence electrons. The van der Waals surface area contributed by atoms with Crippen LogP contribution < -0.4 is 0 Å². The lowest BCUT2D eigenvalue weighted by molar-refractivity contribution is -0.171. The number of carbonyl (C=O) groups excluding carboxylic acids is 1. The molecule has 25 heavy (non-hydrogen) atoms. The Labute approximate surface area is 148 Å². The Morgan fingerprint density at radius 1 is 1.28 bits per heavy atom. The lowest BCUT2D eigenvalue weighted by Crippen LogP contribution is -2.58. The van der Waals surface area contributed by atoms with E-state index in [1.165, 1.54) is 0 Å². The van der Waals surface area contributed by atoms with E-state index in [0.29, 0.717) is 12.0 Å². The van der Waals surface area contributed by atoms with E-state index in [1.807, 2.05) is 6.92 Å². The number of carbonyl (C=O) groups is 2. The number of aliphatic hydroxyl groups excluding tert-OH is 1. The zero-order chi connectivity index (χ0) is 18.8. The topological polar surface area (TPSA) is 94.8 Å². The van der Waals surface area contributed by atoms with Gasteiger partial charge in [0.1, 0.15) is 0 Å². The van der Waals surface area contributed by atoms with Crippen LogP contribution >= 0.6 is 0 Å². The Kier molecular flexibility index (Phi) is 4.05. The summed E-state index contributed by atoms with van der Waals surface area (Å²) in [6.07, 6.45) is 4.91. The van der Waals surface area contributed by atoms with Gasteiger partial charge in [-0.15, -0.1) is 0 Å². The van der Waals surface area contributed by atoms with E-state index < -0.39 is 34.4 Å². The molecule has 0 radical (unpaired) electrons. The standard InChI is InChI=1S/C20H28O5/c1-18(2,25)13-8-11-9-15(22)16-19(3,12(11)10-14(13)21)6-5-7-20(16,4)17(23)24/h8-9,12,15-16,22,25H,5-7,10H2,1-4H3,(H,23,24)/t12-,15-,16+,19+,20+/m0/s1. The van der Waals surface area contributed by atoms with Gasteiger partial charge in [-0.05, 0) is 56.6 Å². The van der Waals surface area contributed by atoms with Crippen LogP contribution in [0.3, 0.4) is 0 Å². The zero-order valence-corrected chi connectivity index (χ0v) is 15.4. The molecule has 3 rings (SSSR count). The Morgan fingerprint density at radius 2 is 1.92 bits per heavy atom. The summed E-state index contributed by atoms with van der Waals surface area (Å²) in [5.41, 5.74) is -1.46. The van der Waals surface area contributed by atoms with E-state index in [0.717, 1.165) is 18.4 Å². The van der Waals surface area contributed by atoms with Crippen LogP contribution in [-0.2, 0) is 9.59 Å². The summed E-state index contributed by atoms with van der Waals surface area (Å²) in [4.78, 5) is 24.6. The summed E-state index contributed by atoms with van der Waals surface area (Å²) in [5, 5.41) is 30.9. The third-order valence-corrected chi connectivity index (χ3v) is 6.86. The predicted molar refractivity (Wildman–Crippen MR) is 92.8 cm³/mol. The summed E-state index contributed by atoms with van der Waals surface area (Å²) < 4.78 is 0. The molecule has 5 heteroatoms. The molecule has 0 amide bonds. The van der Waals surface area contributed by atoms with E-state index >= 15 is 0 Å². The molecule has 0 aromatic heterocycles. The van der Waals surface area contributed by atoms with Crippen molar-refractivity contribution in [3.05, 3.63) is 23.3 Å². The first-order chi connectivity index (χ1) is 11.4. The lowest BCUT2D eigenvalue weighted by Gasteiger charge is -2.58. The number of fused-ring (bicyclic) bond motifs is 3. The maximum Gasteiger partial charge on any atom is 0.309 e. The van der Waals surface area contributed by atoms with Gasteiger partial charge in [0.25, 0.3) is 0 Å². The molecular formula is C20H28O5. The second-order valence-electron chi connectivity index (χ2n) is 9.01. The van der Waals surface area contributed by atoms with Gasteiger partial charge in [0, 0.05) is 17.9 Å². The monoisotopic (exact) mass is 348 g/mol. The molecular weight excluding hydrogens is 320 g/mol. The van der Waals surface area contributed by atoms with Gasteiger partial charge in [0.2, 0.25) is 0 Å². The smallest absolute Gasteiger partial charge is 0.309 e. The average Bonchev–Trinajstić information content (AvgIpc) is 2.46. The number of aliphatic hydroxyl groups is 2. The number of allylic oxidation sites excluding steroid dienone is 2. The summed E-state index contributed by atoms with van der Waals surface area (Å²) >= 11 is 0. The molecule has 0 aliphatic heterocycles. The van der Waals surface area contributed by atoms with Crippen molar-refractivity contribution in [2.24, 2.45) is 22.7 Å². The minimum absolute atomic E-state index is 0.0892. The number of hydrogen-bond acceptors (Lipinski definition) is 4. The predicted octanol–water partition coefficient (Wildman–Crippen LogP) is 2.47. The lowest BCUT2D eigenvalue weighted by atomic mass is 9.46. The highest BCUT2D eigenvalue weighted by molar-refractivity contribution is 5.99. The molecule has 0 heterocycles. The molecule has 0 spiro atoms. The number of Topliss-reactive ketones (excluding diaryl/α,β-unsaturated/α-hetero) is 1. The fourth-order valence-corrected chi connectivity index (χ4v) is 5.62. The van der Waals surface area contributed by atoms with Gasteiger partial charge in [0.15, 0.2) is 5.78 Å². The highest BCUT2D eigenvalue weighted by Gasteiger charge is 2.61. The first kappa shape index (κ1) is 18.3. The van der Waals surface area contributed by atoms with E-state index in [9.17, 15) is 24.9 Å². The average molecular weight is 348 g/mol. The SMILES string of the molecule is CC(C)(O)C1=CC2=C[C@H](O)[C@@H]3[C@](C)(CCC[C@@]3(C)C(=O)O)[C@H]2CC1=O. The molecule has 1 fully saturated rings. The van der Waals surface area contributed by atoms with Gasteiger partial charge in [0.05, 0.1) is 17.1 Å². The molecule has 3 aliphatic rings. The molecule has 5 atom stereocenters. The van der Waals surface area contributed by atoms with Crippen molar-refractivity contribution < 1.29 is 24.9 Å². The second-order valence-corrected chi connectivity index (χ2v) is 9.01. The largest absolute Gasteiger partial charge is 0.481 e. The fourth-order valence-electron chi connectivity index (χ4n) is 5.62. The molecule has 1 saturated carbocycles. The van der Waals surface area contributed by atoms with E-state index in [1.54, 1.807) is 32.9 Å². The van der Waals surface area contributed by atoms with Crippen LogP contribution in [0.1, 0.15) is 53.4 Å². The highest BCUT2D eigenvalue weighted by Crippen LogP contribution is 2.61. The second kappa shape index (κ2) is 5.52. The first-order valence-electron chi connectivity index (χ1n) is 9.02. The first-order valence-corrected chi connectivity index (χ1v) is 9.02. The molecule has 5 nitrogen and oxygen atoms in total. The Hall–Kier alpha value is -1.46. The highest BCUT2D eigenvalue weighted by atomic mass is 16.4. The van der Waals surface area contributed by atoms with Crippen LogP contribution in [0.5, 0.6) is 0 Å². The van der Waals surface area contributed by atoms with Crippen molar-refractivity contribution in [2.75, 3.05) is 0 Å². The third kappa shape index (κ3) is 2.59. The van der Waals surface area contributed by atoms with Gasteiger partial charge in [-0.1, -0.05) is 19.4 Å². The van der Waals surface area contributed by atoms with Crippen LogP contribution in [-0.4, -0.2) is 38.8 Å². The quantitative estimate of drug-likeness (QED) is 0.712. The maximum atomic E-state index is 12.7. The van der Waals surface area contributed by atoms with Crippen molar-refractivity contribution in [1.29, 1.82) is 0 Å². The molecule has 0 bridgehead atoms.